The first-order chi connectivity index (χ1) is 7.74. The lowest BCUT2D eigenvalue weighted by Gasteiger charge is -2.07. The minimum atomic E-state index is -0.347. The number of ether oxygens (including phenoxy) is 1. The Kier molecular flexibility index (Phi) is 2.72. The third kappa shape index (κ3) is 1.69. The Morgan fingerprint density at radius 1 is 1.38 bits per heavy atom. The molecule has 0 saturated carbocycles. The molecular formula is C12H12N2O2. The summed E-state index contributed by atoms with van der Waals surface area (Å²) in [4.78, 5) is 15.7. The van der Waals surface area contributed by atoms with E-state index in [-0.39, 0.29) is 5.97 Å². The smallest absolute Gasteiger partial charge is 0.338 e. The number of pyridine rings is 1. The maximum absolute atomic E-state index is 11.7. The van der Waals surface area contributed by atoms with E-state index in [9.17, 15) is 4.79 Å². The monoisotopic (exact) mass is 216 g/mol. The second-order valence-electron chi connectivity index (χ2n) is 3.34. The number of carbonyl (C=O) groups excluding carboxylic acids is 1. The molecule has 0 aliphatic rings. The van der Waals surface area contributed by atoms with Crippen molar-refractivity contribution in [3.05, 3.63) is 36.2 Å². The number of nitrogens with two attached hydrogens (primary N) is 1. The topological polar surface area (TPSA) is 65.2 Å². The lowest BCUT2D eigenvalue weighted by Crippen LogP contribution is -2.06. The van der Waals surface area contributed by atoms with Crippen LogP contribution < -0.4 is 5.73 Å². The molecule has 1 aromatic heterocycles. The predicted octanol–water partition coefficient (Wildman–Crippen LogP) is 1.99. The maximum Gasteiger partial charge on any atom is 0.338 e. The predicted molar refractivity (Wildman–Crippen MR) is 62.1 cm³/mol. The molecule has 0 atom stereocenters. The van der Waals surface area contributed by atoms with Crippen LogP contribution in [0, 0.1) is 0 Å². The van der Waals surface area contributed by atoms with E-state index in [1.807, 2.05) is 0 Å². The van der Waals surface area contributed by atoms with Crippen molar-refractivity contribution in [1.82, 2.24) is 4.98 Å². The first kappa shape index (κ1) is 10.4. The highest BCUT2D eigenvalue weighted by molar-refractivity contribution is 6.07. The Morgan fingerprint density at radius 2 is 2.19 bits per heavy atom. The lowest BCUT2D eigenvalue weighted by atomic mass is 10.1. The SMILES string of the molecule is CCOC(=O)c1ccc(N)c2ccncc12. The summed E-state index contributed by atoms with van der Waals surface area (Å²) >= 11 is 0. The van der Waals surface area contributed by atoms with Gasteiger partial charge in [0, 0.05) is 28.9 Å². The van der Waals surface area contributed by atoms with E-state index >= 15 is 0 Å². The molecule has 1 heterocycles. The van der Waals surface area contributed by atoms with Crippen LogP contribution >= 0.6 is 0 Å². The molecule has 0 saturated heterocycles. The van der Waals surface area contributed by atoms with Crippen molar-refractivity contribution in [2.45, 2.75) is 6.92 Å². The van der Waals surface area contributed by atoms with Crippen LogP contribution in [0.15, 0.2) is 30.6 Å². The number of aromatic nitrogens is 1. The molecule has 16 heavy (non-hydrogen) atoms. The van der Waals surface area contributed by atoms with Gasteiger partial charge in [-0.25, -0.2) is 4.79 Å². The fraction of sp³-hybridized carbons (Fsp3) is 0.167. The van der Waals surface area contributed by atoms with Crippen LogP contribution in [0.2, 0.25) is 0 Å². The number of benzene rings is 1. The molecule has 4 nitrogen and oxygen atoms in total. The zero-order valence-corrected chi connectivity index (χ0v) is 8.93. The second-order valence-corrected chi connectivity index (χ2v) is 3.34. The average Bonchev–Trinajstić information content (AvgIpc) is 2.30. The third-order valence-electron chi connectivity index (χ3n) is 2.35. The van der Waals surface area contributed by atoms with Crippen molar-refractivity contribution in [2.24, 2.45) is 0 Å². The summed E-state index contributed by atoms with van der Waals surface area (Å²) in [5.41, 5.74) is 6.95. The minimum Gasteiger partial charge on any atom is -0.462 e. The van der Waals surface area contributed by atoms with Crippen LogP contribution in [-0.2, 0) is 4.74 Å². The van der Waals surface area contributed by atoms with Crippen LogP contribution in [0.3, 0.4) is 0 Å². The Balaban J connectivity index is 2.63. The molecule has 0 radical (unpaired) electrons. The first-order valence-corrected chi connectivity index (χ1v) is 5.03. The Labute approximate surface area is 93.0 Å². The molecule has 0 fully saturated rings. The van der Waals surface area contributed by atoms with Crippen molar-refractivity contribution in [2.75, 3.05) is 12.3 Å². The van der Waals surface area contributed by atoms with Crippen molar-refractivity contribution in [1.29, 1.82) is 0 Å². The van der Waals surface area contributed by atoms with Crippen LogP contribution in [-0.4, -0.2) is 17.6 Å². The van der Waals surface area contributed by atoms with Crippen LogP contribution in [0.25, 0.3) is 10.8 Å². The third-order valence-corrected chi connectivity index (χ3v) is 2.35. The molecule has 0 spiro atoms. The second kappa shape index (κ2) is 4.18. The number of hydrogen-bond acceptors (Lipinski definition) is 4. The molecule has 0 unspecified atom stereocenters. The molecular weight excluding hydrogens is 204 g/mol. The molecule has 0 aliphatic heterocycles. The Morgan fingerprint density at radius 3 is 2.94 bits per heavy atom. The highest BCUT2D eigenvalue weighted by Gasteiger charge is 2.12. The number of esters is 1. The number of nitrogens with zero attached hydrogens (tertiary/aromatic N) is 1. The van der Waals surface area contributed by atoms with Gasteiger partial charge in [-0.3, -0.25) is 4.98 Å². The summed E-state index contributed by atoms with van der Waals surface area (Å²) in [6.07, 6.45) is 3.27. The van der Waals surface area contributed by atoms with Gasteiger partial charge in [-0.2, -0.15) is 0 Å². The van der Waals surface area contributed by atoms with Gasteiger partial charge in [-0.1, -0.05) is 0 Å². The number of rotatable bonds is 2. The largest absolute Gasteiger partial charge is 0.462 e. The number of nitrogen functional groups attached to an aromatic ring is 1. The van der Waals surface area contributed by atoms with E-state index in [1.165, 1.54) is 0 Å². The summed E-state index contributed by atoms with van der Waals surface area (Å²) in [7, 11) is 0. The lowest BCUT2D eigenvalue weighted by molar-refractivity contribution is 0.0528. The summed E-state index contributed by atoms with van der Waals surface area (Å²) < 4.78 is 4.97. The fourth-order valence-electron chi connectivity index (χ4n) is 1.60. The van der Waals surface area contributed by atoms with Gasteiger partial charge in [0.25, 0.3) is 0 Å². The van der Waals surface area contributed by atoms with Crippen LogP contribution in [0.1, 0.15) is 17.3 Å². The van der Waals surface area contributed by atoms with E-state index in [0.717, 1.165) is 10.8 Å². The quantitative estimate of drug-likeness (QED) is 0.616. The van der Waals surface area contributed by atoms with Crippen molar-refractivity contribution < 1.29 is 9.53 Å². The summed E-state index contributed by atoms with van der Waals surface area (Å²) in [5.74, 6) is -0.347. The molecule has 0 aliphatic carbocycles. The van der Waals surface area contributed by atoms with Gasteiger partial charge in [-0.15, -0.1) is 0 Å². The van der Waals surface area contributed by atoms with Gasteiger partial charge in [0.15, 0.2) is 0 Å². The van der Waals surface area contributed by atoms with Gasteiger partial charge in [0.2, 0.25) is 0 Å². The maximum atomic E-state index is 11.7. The van der Waals surface area contributed by atoms with Crippen molar-refractivity contribution in [3.8, 4) is 0 Å². The van der Waals surface area contributed by atoms with Gasteiger partial charge in [0.1, 0.15) is 0 Å². The van der Waals surface area contributed by atoms with Crippen LogP contribution in [0.5, 0.6) is 0 Å². The molecule has 1 aromatic carbocycles. The zero-order chi connectivity index (χ0) is 11.5. The summed E-state index contributed by atoms with van der Waals surface area (Å²) in [6, 6.07) is 5.15. The molecule has 2 N–H and O–H groups in total. The number of anilines is 1. The van der Waals surface area contributed by atoms with Gasteiger partial charge in [0.05, 0.1) is 12.2 Å². The molecule has 2 aromatic rings. The molecule has 0 bridgehead atoms. The van der Waals surface area contributed by atoms with E-state index in [4.69, 9.17) is 10.5 Å². The van der Waals surface area contributed by atoms with Crippen LogP contribution in [0.4, 0.5) is 5.69 Å². The van der Waals surface area contributed by atoms with Gasteiger partial charge in [-0.05, 0) is 25.1 Å². The number of hydrogen-bond donors (Lipinski definition) is 1. The van der Waals surface area contributed by atoms with Gasteiger partial charge >= 0.3 is 5.97 Å². The van der Waals surface area contributed by atoms with E-state index in [0.29, 0.717) is 17.9 Å². The minimum absolute atomic E-state index is 0.347. The Hall–Kier alpha value is -2.10. The molecule has 82 valence electrons. The normalized spacial score (nSPS) is 10.3. The highest BCUT2D eigenvalue weighted by Crippen LogP contribution is 2.24. The van der Waals surface area contributed by atoms with Crippen molar-refractivity contribution >= 4 is 22.4 Å². The van der Waals surface area contributed by atoms with E-state index < -0.39 is 0 Å². The molecule has 0 amide bonds. The fourth-order valence-corrected chi connectivity index (χ4v) is 1.60. The summed E-state index contributed by atoms with van der Waals surface area (Å²) in [5, 5.41) is 1.54. The first-order valence-electron chi connectivity index (χ1n) is 5.03. The Bertz CT molecular complexity index is 538. The molecule has 4 heteroatoms. The van der Waals surface area contributed by atoms with E-state index in [1.54, 1.807) is 37.5 Å². The number of carbonyl (C=O) groups is 1. The number of fused-ring (bicyclic) bond motifs is 1. The zero-order valence-electron chi connectivity index (χ0n) is 8.93. The highest BCUT2D eigenvalue weighted by atomic mass is 16.5. The summed E-state index contributed by atoms with van der Waals surface area (Å²) in [6.45, 7) is 2.13. The average molecular weight is 216 g/mol. The molecule has 2 rings (SSSR count). The van der Waals surface area contributed by atoms with E-state index in [2.05, 4.69) is 4.98 Å². The standard InChI is InChI=1S/C12H12N2O2/c1-2-16-12(15)9-3-4-11(13)8-5-6-14-7-10(8)9/h3-7H,2,13H2,1H3. The van der Waals surface area contributed by atoms with Crippen molar-refractivity contribution in [3.63, 3.8) is 0 Å². The van der Waals surface area contributed by atoms with Gasteiger partial charge < -0.3 is 10.5 Å².